The van der Waals surface area contributed by atoms with E-state index in [4.69, 9.17) is 4.74 Å². The number of piperidine rings is 1. The summed E-state index contributed by atoms with van der Waals surface area (Å²) < 4.78 is 7.32. The molecule has 4 heterocycles. The van der Waals surface area contributed by atoms with Crippen LogP contribution in [0.15, 0.2) is 24.8 Å². The number of rotatable bonds is 3. The molecule has 144 valence electrons. The Labute approximate surface area is 158 Å². The zero-order valence-corrected chi connectivity index (χ0v) is 15.7. The van der Waals surface area contributed by atoms with Gasteiger partial charge in [0.25, 0.3) is 0 Å². The lowest BCUT2D eigenvalue weighted by Crippen LogP contribution is -2.52. The van der Waals surface area contributed by atoms with E-state index in [-0.39, 0.29) is 24.0 Å². The van der Waals surface area contributed by atoms with E-state index in [9.17, 15) is 4.79 Å². The van der Waals surface area contributed by atoms with Gasteiger partial charge >= 0.3 is 0 Å². The monoisotopic (exact) mass is 371 g/mol. The number of hydrogen-bond acceptors (Lipinski definition) is 7. The van der Waals surface area contributed by atoms with Crippen molar-refractivity contribution in [2.24, 2.45) is 5.92 Å². The molecule has 9 heteroatoms. The first-order chi connectivity index (χ1) is 13.1. The summed E-state index contributed by atoms with van der Waals surface area (Å²) in [4.78, 5) is 21.1. The molecule has 0 aromatic carbocycles. The highest BCUT2D eigenvalue weighted by molar-refractivity contribution is 5.80. The summed E-state index contributed by atoms with van der Waals surface area (Å²) in [5.41, 5.74) is 0. The quantitative estimate of drug-likeness (QED) is 0.792. The van der Waals surface area contributed by atoms with Crippen molar-refractivity contribution in [2.75, 3.05) is 31.1 Å². The fourth-order valence-electron chi connectivity index (χ4n) is 3.94. The van der Waals surface area contributed by atoms with Crippen LogP contribution in [0.5, 0.6) is 0 Å². The van der Waals surface area contributed by atoms with E-state index in [0.29, 0.717) is 25.5 Å². The molecule has 27 heavy (non-hydrogen) atoms. The van der Waals surface area contributed by atoms with Crippen LogP contribution in [0, 0.1) is 5.92 Å². The highest BCUT2D eigenvalue weighted by Crippen LogP contribution is 2.24. The highest BCUT2D eigenvalue weighted by atomic mass is 16.5. The van der Waals surface area contributed by atoms with Crippen molar-refractivity contribution in [3.8, 4) is 5.82 Å². The molecule has 9 nitrogen and oxygen atoms in total. The number of amides is 1. The van der Waals surface area contributed by atoms with Gasteiger partial charge in [-0.1, -0.05) is 0 Å². The van der Waals surface area contributed by atoms with Crippen molar-refractivity contribution in [1.82, 2.24) is 29.9 Å². The van der Waals surface area contributed by atoms with Gasteiger partial charge in [0.15, 0.2) is 11.6 Å². The molecule has 0 bridgehead atoms. The zero-order valence-electron chi connectivity index (χ0n) is 15.7. The Morgan fingerprint density at radius 2 is 1.85 bits per heavy atom. The van der Waals surface area contributed by atoms with Crippen molar-refractivity contribution in [1.29, 1.82) is 0 Å². The van der Waals surface area contributed by atoms with Crippen LogP contribution in [0.25, 0.3) is 5.82 Å². The second kappa shape index (κ2) is 7.59. The SMILES string of the molecule is CC1CN(C(=O)C2CCCN(c3ccc(-n4cncn4)nn3)C2)CC(C)O1. The van der Waals surface area contributed by atoms with Gasteiger partial charge in [-0.05, 0) is 38.8 Å². The Morgan fingerprint density at radius 1 is 1.11 bits per heavy atom. The number of nitrogens with zero attached hydrogens (tertiary/aromatic N) is 7. The van der Waals surface area contributed by atoms with Gasteiger partial charge in [0.05, 0.1) is 18.1 Å². The molecule has 4 rings (SSSR count). The van der Waals surface area contributed by atoms with Crippen molar-refractivity contribution >= 4 is 11.7 Å². The normalized spacial score (nSPS) is 26.2. The summed E-state index contributed by atoms with van der Waals surface area (Å²) in [6.45, 7) is 6.95. The molecule has 2 aromatic heterocycles. The maximum Gasteiger partial charge on any atom is 0.227 e. The van der Waals surface area contributed by atoms with E-state index in [1.807, 2.05) is 30.9 Å². The zero-order chi connectivity index (χ0) is 18.8. The smallest absolute Gasteiger partial charge is 0.227 e. The fraction of sp³-hybridized carbons (Fsp3) is 0.611. The van der Waals surface area contributed by atoms with Crippen LogP contribution in [-0.2, 0) is 9.53 Å². The van der Waals surface area contributed by atoms with Crippen LogP contribution < -0.4 is 4.90 Å². The third kappa shape index (κ3) is 3.92. The average molecular weight is 371 g/mol. The molecule has 3 atom stereocenters. The van der Waals surface area contributed by atoms with E-state index >= 15 is 0 Å². The molecule has 2 saturated heterocycles. The van der Waals surface area contributed by atoms with Crippen molar-refractivity contribution in [3.63, 3.8) is 0 Å². The Balaban J connectivity index is 1.42. The van der Waals surface area contributed by atoms with Crippen LogP contribution in [0.4, 0.5) is 5.82 Å². The van der Waals surface area contributed by atoms with Gasteiger partial charge in [-0.25, -0.2) is 9.67 Å². The van der Waals surface area contributed by atoms with Gasteiger partial charge in [-0.2, -0.15) is 5.10 Å². The highest BCUT2D eigenvalue weighted by Gasteiger charge is 2.33. The van der Waals surface area contributed by atoms with Gasteiger partial charge < -0.3 is 14.5 Å². The second-order valence-corrected chi connectivity index (χ2v) is 7.38. The van der Waals surface area contributed by atoms with E-state index in [2.05, 4.69) is 25.2 Å². The summed E-state index contributed by atoms with van der Waals surface area (Å²) in [5.74, 6) is 1.64. The third-order valence-electron chi connectivity index (χ3n) is 5.12. The molecule has 1 amide bonds. The molecule has 0 N–H and O–H groups in total. The van der Waals surface area contributed by atoms with Gasteiger partial charge in [0.2, 0.25) is 5.91 Å². The van der Waals surface area contributed by atoms with Crippen molar-refractivity contribution < 1.29 is 9.53 Å². The number of carbonyl (C=O) groups is 1. The molecule has 2 aromatic rings. The predicted octanol–water partition coefficient (Wildman–Crippen LogP) is 0.910. The second-order valence-electron chi connectivity index (χ2n) is 7.38. The maximum absolute atomic E-state index is 13.0. The average Bonchev–Trinajstić information content (AvgIpc) is 3.22. The predicted molar refractivity (Wildman–Crippen MR) is 98.5 cm³/mol. The first-order valence-corrected chi connectivity index (χ1v) is 9.48. The minimum atomic E-state index is -0.00644. The summed E-state index contributed by atoms with van der Waals surface area (Å²) in [5, 5.41) is 12.6. The number of morpholine rings is 1. The minimum absolute atomic E-state index is 0.00644. The Morgan fingerprint density at radius 3 is 2.52 bits per heavy atom. The summed E-state index contributed by atoms with van der Waals surface area (Å²) in [7, 11) is 0. The largest absolute Gasteiger partial charge is 0.372 e. The topological polar surface area (TPSA) is 89.3 Å². The van der Waals surface area contributed by atoms with E-state index in [1.54, 1.807) is 11.0 Å². The van der Waals surface area contributed by atoms with E-state index in [0.717, 1.165) is 25.2 Å². The van der Waals surface area contributed by atoms with Crippen LogP contribution in [-0.4, -0.2) is 74.2 Å². The molecule has 2 fully saturated rings. The standard InChI is InChI=1S/C18H25N7O2/c1-13-8-24(9-14(2)27-13)18(26)15-4-3-7-23(10-15)16-5-6-17(22-21-16)25-12-19-11-20-25/h5-6,11-15H,3-4,7-10H2,1-2H3. The number of hydrogen-bond donors (Lipinski definition) is 0. The molecular weight excluding hydrogens is 346 g/mol. The Hall–Kier alpha value is -2.55. The van der Waals surface area contributed by atoms with Crippen LogP contribution in [0.2, 0.25) is 0 Å². The van der Waals surface area contributed by atoms with Gasteiger partial charge in [-0.3, -0.25) is 4.79 Å². The van der Waals surface area contributed by atoms with Crippen molar-refractivity contribution in [3.05, 3.63) is 24.8 Å². The Bertz CT molecular complexity index is 755. The van der Waals surface area contributed by atoms with Gasteiger partial charge in [0.1, 0.15) is 12.7 Å². The summed E-state index contributed by atoms with van der Waals surface area (Å²) >= 11 is 0. The molecule has 0 saturated carbocycles. The lowest BCUT2D eigenvalue weighted by molar-refractivity contribution is -0.147. The summed E-state index contributed by atoms with van der Waals surface area (Å²) in [6.07, 6.45) is 5.12. The summed E-state index contributed by atoms with van der Waals surface area (Å²) in [6, 6.07) is 3.80. The molecule has 2 aliphatic heterocycles. The minimum Gasteiger partial charge on any atom is -0.372 e. The number of carbonyl (C=O) groups excluding carboxylic acids is 1. The first kappa shape index (κ1) is 17.8. The lowest BCUT2D eigenvalue weighted by Gasteiger charge is -2.39. The molecule has 3 unspecified atom stereocenters. The van der Waals surface area contributed by atoms with Gasteiger partial charge in [-0.15, -0.1) is 10.2 Å². The number of aromatic nitrogens is 5. The van der Waals surface area contributed by atoms with Crippen LogP contribution in [0.3, 0.4) is 0 Å². The molecule has 2 aliphatic rings. The Kier molecular flexibility index (Phi) is 5.02. The van der Waals surface area contributed by atoms with E-state index in [1.165, 1.54) is 6.33 Å². The molecule has 0 spiro atoms. The van der Waals surface area contributed by atoms with E-state index < -0.39 is 0 Å². The maximum atomic E-state index is 13.0. The molecular formula is C18H25N7O2. The van der Waals surface area contributed by atoms with Crippen LogP contribution in [0.1, 0.15) is 26.7 Å². The lowest BCUT2D eigenvalue weighted by atomic mass is 9.96. The fourth-order valence-corrected chi connectivity index (χ4v) is 3.94. The number of anilines is 1. The van der Waals surface area contributed by atoms with Crippen LogP contribution >= 0.6 is 0 Å². The first-order valence-electron chi connectivity index (χ1n) is 9.48. The van der Waals surface area contributed by atoms with Crippen molar-refractivity contribution in [2.45, 2.75) is 38.9 Å². The molecule has 0 aliphatic carbocycles. The third-order valence-corrected chi connectivity index (χ3v) is 5.12. The number of ether oxygens (including phenoxy) is 1. The molecule has 0 radical (unpaired) electrons. The van der Waals surface area contributed by atoms with Gasteiger partial charge in [0, 0.05) is 26.2 Å².